The van der Waals surface area contributed by atoms with E-state index in [9.17, 15) is 4.79 Å². The molecule has 1 unspecified atom stereocenters. The van der Waals surface area contributed by atoms with Crippen LogP contribution in [0.4, 0.5) is 0 Å². The van der Waals surface area contributed by atoms with Crippen molar-refractivity contribution in [2.45, 2.75) is 40.2 Å². The summed E-state index contributed by atoms with van der Waals surface area (Å²) in [6.45, 7) is 9.42. The molecule has 13 heavy (non-hydrogen) atoms. The van der Waals surface area contributed by atoms with E-state index < -0.39 is 0 Å². The molecular formula is C10H21NO2. The minimum Gasteiger partial charge on any atom is -0.461 e. The molecule has 0 aromatic carbocycles. The molecule has 3 heteroatoms. The molecule has 0 radical (unpaired) electrons. The Morgan fingerprint density at radius 2 is 2.00 bits per heavy atom. The first kappa shape index (κ1) is 12.4. The van der Waals surface area contributed by atoms with Gasteiger partial charge in [0.15, 0.2) is 0 Å². The highest BCUT2D eigenvalue weighted by atomic mass is 16.5. The second kappa shape index (κ2) is 6.89. The Labute approximate surface area is 80.8 Å². The lowest BCUT2D eigenvalue weighted by Gasteiger charge is -2.15. The molecule has 3 nitrogen and oxygen atoms in total. The molecule has 0 aromatic rings. The lowest BCUT2D eigenvalue weighted by molar-refractivity contribution is -0.151. The quantitative estimate of drug-likeness (QED) is 0.507. The number of carbonyl (C=O) groups excluding carboxylic acids is 1. The smallest absolute Gasteiger partial charge is 0.308 e. The van der Waals surface area contributed by atoms with Crippen LogP contribution in [0.3, 0.4) is 0 Å². The number of nitrogens with one attached hydrogen (secondary N) is 1. The molecule has 78 valence electrons. The monoisotopic (exact) mass is 187 g/mol. The van der Waals surface area contributed by atoms with Crippen LogP contribution in [0.15, 0.2) is 0 Å². The summed E-state index contributed by atoms with van der Waals surface area (Å²) < 4.78 is 5.16. The fourth-order valence-corrected chi connectivity index (χ4v) is 0.858. The zero-order valence-corrected chi connectivity index (χ0v) is 9.09. The third kappa shape index (κ3) is 6.58. The summed E-state index contributed by atoms with van der Waals surface area (Å²) in [7, 11) is 0. The van der Waals surface area contributed by atoms with Crippen LogP contribution in [-0.4, -0.2) is 25.2 Å². The van der Waals surface area contributed by atoms with Crippen molar-refractivity contribution in [1.29, 1.82) is 0 Å². The number of hydrogen-bond acceptors (Lipinski definition) is 3. The maximum absolute atomic E-state index is 11.1. The summed E-state index contributed by atoms with van der Waals surface area (Å²) in [5, 5.41) is 3.20. The van der Waals surface area contributed by atoms with Gasteiger partial charge in [0, 0.05) is 6.54 Å². The second-order valence-corrected chi connectivity index (χ2v) is 3.61. The fourth-order valence-electron chi connectivity index (χ4n) is 0.858. The van der Waals surface area contributed by atoms with E-state index in [4.69, 9.17) is 4.74 Å². The van der Waals surface area contributed by atoms with Gasteiger partial charge in [-0.25, -0.2) is 0 Å². The lowest BCUT2D eigenvalue weighted by Crippen LogP contribution is -2.30. The number of hydrogen-bond donors (Lipinski definition) is 1. The van der Waals surface area contributed by atoms with Gasteiger partial charge in [0.05, 0.1) is 5.92 Å². The van der Waals surface area contributed by atoms with E-state index in [1.807, 2.05) is 20.8 Å². The third-order valence-electron chi connectivity index (χ3n) is 1.65. The minimum absolute atomic E-state index is 0.0264. The van der Waals surface area contributed by atoms with E-state index in [1.165, 1.54) is 0 Å². The zero-order chi connectivity index (χ0) is 10.3. The third-order valence-corrected chi connectivity index (χ3v) is 1.65. The van der Waals surface area contributed by atoms with Crippen LogP contribution in [0, 0.1) is 5.92 Å². The Hall–Kier alpha value is -0.570. The van der Waals surface area contributed by atoms with E-state index in [-0.39, 0.29) is 18.0 Å². The molecular weight excluding hydrogens is 166 g/mol. The van der Waals surface area contributed by atoms with Gasteiger partial charge in [0.2, 0.25) is 0 Å². The minimum atomic E-state index is -0.120. The molecule has 0 aromatic heterocycles. The number of rotatable bonds is 6. The molecule has 0 aliphatic carbocycles. The predicted molar refractivity (Wildman–Crippen MR) is 53.6 cm³/mol. The molecule has 0 heterocycles. The highest BCUT2D eigenvalue weighted by molar-refractivity contribution is 5.71. The molecule has 0 amide bonds. The van der Waals surface area contributed by atoms with E-state index in [0.717, 1.165) is 19.5 Å². The first-order valence-electron chi connectivity index (χ1n) is 4.99. The van der Waals surface area contributed by atoms with Crippen LogP contribution in [0.2, 0.25) is 0 Å². The zero-order valence-electron chi connectivity index (χ0n) is 9.09. The summed E-state index contributed by atoms with van der Waals surface area (Å²) in [5.74, 6) is -0.153. The van der Waals surface area contributed by atoms with Crippen LogP contribution in [0.25, 0.3) is 0 Å². The molecule has 0 spiro atoms. The van der Waals surface area contributed by atoms with Gasteiger partial charge in [-0.1, -0.05) is 20.8 Å². The first-order valence-corrected chi connectivity index (χ1v) is 4.99. The number of esters is 1. The maximum atomic E-state index is 11.1. The van der Waals surface area contributed by atoms with Crippen molar-refractivity contribution in [2.75, 3.05) is 13.1 Å². The Morgan fingerprint density at radius 3 is 2.46 bits per heavy atom. The largest absolute Gasteiger partial charge is 0.461 e. The summed E-state index contributed by atoms with van der Waals surface area (Å²) in [6.07, 6.45) is 1.08. The Bertz CT molecular complexity index is 146. The van der Waals surface area contributed by atoms with Crippen molar-refractivity contribution < 1.29 is 9.53 Å². The van der Waals surface area contributed by atoms with Gasteiger partial charge in [-0.15, -0.1) is 0 Å². The summed E-state index contributed by atoms with van der Waals surface area (Å²) in [5.41, 5.74) is 0. The predicted octanol–water partition coefficient (Wildman–Crippen LogP) is 1.57. The van der Waals surface area contributed by atoms with Gasteiger partial charge in [-0.2, -0.15) is 0 Å². The fraction of sp³-hybridized carbons (Fsp3) is 0.900. The van der Waals surface area contributed by atoms with Gasteiger partial charge in [-0.05, 0) is 19.9 Å². The van der Waals surface area contributed by atoms with Crippen molar-refractivity contribution >= 4 is 5.97 Å². The normalized spacial score (nSPS) is 13.0. The van der Waals surface area contributed by atoms with E-state index in [1.54, 1.807) is 0 Å². The molecule has 0 bridgehead atoms. The van der Waals surface area contributed by atoms with Gasteiger partial charge < -0.3 is 10.1 Å². The standard InChI is InChI=1S/C10H21NO2/c1-5-6-11-7-9(4)13-10(12)8(2)3/h8-9,11H,5-7H2,1-4H3. The topological polar surface area (TPSA) is 38.3 Å². The van der Waals surface area contributed by atoms with Crippen molar-refractivity contribution in [1.82, 2.24) is 5.32 Å². The van der Waals surface area contributed by atoms with Crippen LogP contribution in [0.1, 0.15) is 34.1 Å². The molecule has 0 fully saturated rings. The van der Waals surface area contributed by atoms with Crippen LogP contribution >= 0.6 is 0 Å². The van der Waals surface area contributed by atoms with E-state index in [0.29, 0.717) is 0 Å². The van der Waals surface area contributed by atoms with Crippen molar-refractivity contribution in [3.63, 3.8) is 0 Å². The highest BCUT2D eigenvalue weighted by Gasteiger charge is 2.12. The Balaban J connectivity index is 3.50. The Kier molecular flexibility index (Phi) is 6.59. The molecule has 0 aliphatic heterocycles. The van der Waals surface area contributed by atoms with Gasteiger partial charge in [0.25, 0.3) is 0 Å². The van der Waals surface area contributed by atoms with E-state index >= 15 is 0 Å². The van der Waals surface area contributed by atoms with Crippen LogP contribution in [-0.2, 0) is 9.53 Å². The molecule has 0 rings (SSSR count). The first-order chi connectivity index (χ1) is 6.07. The summed E-state index contributed by atoms with van der Waals surface area (Å²) >= 11 is 0. The lowest BCUT2D eigenvalue weighted by atomic mass is 10.2. The number of carbonyl (C=O) groups is 1. The molecule has 1 atom stereocenters. The van der Waals surface area contributed by atoms with Crippen molar-refractivity contribution in [3.05, 3.63) is 0 Å². The van der Waals surface area contributed by atoms with Crippen molar-refractivity contribution in [3.8, 4) is 0 Å². The molecule has 0 saturated heterocycles. The summed E-state index contributed by atoms with van der Waals surface area (Å²) in [6, 6.07) is 0. The van der Waals surface area contributed by atoms with Gasteiger partial charge in [0.1, 0.15) is 6.10 Å². The number of ether oxygens (including phenoxy) is 1. The maximum Gasteiger partial charge on any atom is 0.308 e. The highest BCUT2D eigenvalue weighted by Crippen LogP contribution is 1.99. The molecule has 0 aliphatic rings. The average molecular weight is 187 g/mol. The average Bonchev–Trinajstić information content (AvgIpc) is 2.04. The van der Waals surface area contributed by atoms with Gasteiger partial charge >= 0.3 is 5.97 Å². The summed E-state index contributed by atoms with van der Waals surface area (Å²) in [4.78, 5) is 11.1. The SMILES string of the molecule is CCCNCC(C)OC(=O)C(C)C. The molecule has 1 N–H and O–H groups in total. The Morgan fingerprint density at radius 1 is 1.38 bits per heavy atom. The molecule has 0 saturated carbocycles. The second-order valence-electron chi connectivity index (χ2n) is 3.61. The van der Waals surface area contributed by atoms with Crippen LogP contribution < -0.4 is 5.32 Å². The van der Waals surface area contributed by atoms with E-state index in [2.05, 4.69) is 12.2 Å². The van der Waals surface area contributed by atoms with Gasteiger partial charge in [-0.3, -0.25) is 4.79 Å². The van der Waals surface area contributed by atoms with Crippen molar-refractivity contribution in [2.24, 2.45) is 5.92 Å². The van der Waals surface area contributed by atoms with Crippen LogP contribution in [0.5, 0.6) is 0 Å².